The number of nitrogens with two attached hydrogens (primary N) is 1. The van der Waals surface area contributed by atoms with Crippen molar-refractivity contribution < 1.29 is 0 Å². The highest BCUT2D eigenvalue weighted by molar-refractivity contribution is 7.17. The van der Waals surface area contributed by atoms with Crippen LogP contribution in [-0.4, -0.2) is 10.8 Å². The van der Waals surface area contributed by atoms with Gasteiger partial charge in [-0.25, -0.2) is 4.98 Å². The van der Waals surface area contributed by atoms with Gasteiger partial charge in [0.2, 0.25) is 0 Å². The second-order valence-electron chi connectivity index (χ2n) is 5.23. The third kappa shape index (κ3) is 2.43. The van der Waals surface area contributed by atoms with Gasteiger partial charge in [-0.15, -0.1) is 11.3 Å². The Morgan fingerprint density at radius 2 is 1.83 bits per heavy atom. The van der Waals surface area contributed by atoms with E-state index in [1.807, 2.05) is 30.3 Å². The molecular weight excluding hydrogens is 242 g/mol. The number of nitrogens with one attached hydrogen (secondary N) is 1. The van der Waals surface area contributed by atoms with Gasteiger partial charge in [-0.05, 0) is 0 Å². The summed E-state index contributed by atoms with van der Waals surface area (Å²) in [7, 11) is 0. The molecule has 2 rings (SSSR count). The predicted molar refractivity (Wildman–Crippen MR) is 77.3 cm³/mol. The van der Waals surface area contributed by atoms with Gasteiger partial charge in [0.1, 0.15) is 10.8 Å². The first-order valence-electron chi connectivity index (χ1n) is 5.80. The van der Waals surface area contributed by atoms with Crippen molar-refractivity contribution in [2.24, 2.45) is 5.73 Å². The summed E-state index contributed by atoms with van der Waals surface area (Å²) >= 11 is 1.49. The first kappa shape index (κ1) is 12.8. The number of nitrogens with zero attached hydrogens (tertiary/aromatic N) is 1. The SMILES string of the molecule is CC(C)(C)c1nc(-c2ccccc2)sc1C(=N)N. The molecule has 1 aromatic heterocycles. The molecule has 0 aliphatic heterocycles. The fraction of sp³-hybridized carbons (Fsp3) is 0.286. The molecule has 1 aromatic carbocycles. The fourth-order valence-electron chi connectivity index (χ4n) is 1.72. The molecule has 0 amide bonds. The van der Waals surface area contributed by atoms with Gasteiger partial charge in [-0.1, -0.05) is 51.1 Å². The van der Waals surface area contributed by atoms with Crippen LogP contribution >= 0.6 is 11.3 Å². The molecule has 0 saturated carbocycles. The lowest BCUT2D eigenvalue weighted by atomic mass is 9.91. The van der Waals surface area contributed by atoms with Crippen molar-refractivity contribution in [1.29, 1.82) is 5.41 Å². The molecule has 1 heterocycles. The predicted octanol–water partition coefficient (Wildman–Crippen LogP) is 3.39. The Kier molecular flexibility index (Phi) is 3.22. The molecule has 3 nitrogen and oxygen atoms in total. The highest BCUT2D eigenvalue weighted by Gasteiger charge is 2.24. The van der Waals surface area contributed by atoms with Crippen LogP contribution in [0.25, 0.3) is 10.6 Å². The van der Waals surface area contributed by atoms with E-state index < -0.39 is 0 Å². The number of aromatic nitrogens is 1. The minimum Gasteiger partial charge on any atom is -0.383 e. The maximum absolute atomic E-state index is 7.68. The third-order valence-electron chi connectivity index (χ3n) is 2.60. The van der Waals surface area contributed by atoms with Gasteiger partial charge in [0.25, 0.3) is 0 Å². The van der Waals surface area contributed by atoms with Crippen molar-refractivity contribution in [3.63, 3.8) is 0 Å². The number of amidine groups is 1. The van der Waals surface area contributed by atoms with Gasteiger partial charge in [0.05, 0.1) is 10.6 Å². The van der Waals surface area contributed by atoms with Crippen molar-refractivity contribution in [2.75, 3.05) is 0 Å². The summed E-state index contributed by atoms with van der Waals surface area (Å²) < 4.78 is 0. The van der Waals surface area contributed by atoms with Gasteiger partial charge >= 0.3 is 0 Å². The van der Waals surface area contributed by atoms with E-state index in [2.05, 4.69) is 25.8 Å². The Morgan fingerprint density at radius 1 is 1.22 bits per heavy atom. The lowest BCUT2D eigenvalue weighted by molar-refractivity contribution is 0.572. The Hall–Kier alpha value is -1.68. The summed E-state index contributed by atoms with van der Waals surface area (Å²) in [5.74, 6) is 0.0969. The molecule has 2 aromatic rings. The summed E-state index contributed by atoms with van der Waals surface area (Å²) in [5, 5.41) is 8.60. The Balaban J connectivity index is 2.57. The zero-order chi connectivity index (χ0) is 13.3. The topological polar surface area (TPSA) is 62.8 Å². The van der Waals surface area contributed by atoms with Crippen molar-refractivity contribution >= 4 is 17.2 Å². The normalized spacial score (nSPS) is 11.5. The van der Waals surface area contributed by atoms with Crippen LogP contribution in [-0.2, 0) is 5.41 Å². The average molecular weight is 259 g/mol. The van der Waals surface area contributed by atoms with E-state index in [9.17, 15) is 0 Å². The van der Waals surface area contributed by atoms with E-state index in [1.165, 1.54) is 11.3 Å². The molecule has 0 bridgehead atoms. The lowest BCUT2D eigenvalue weighted by Gasteiger charge is -2.16. The number of benzene rings is 1. The maximum atomic E-state index is 7.68. The smallest absolute Gasteiger partial charge is 0.135 e. The fourth-order valence-corrected chi connectivity index (χ4v) is 2.86. The number of rotatable bonds is 2. The quantitative estimate of drug-likeness (QED) is 0.641. The standard InChI is InChI=1S/C14H17N3S/c1-14(2,3)11-10(12(15)16)18-13(17-11)9-7-5-4-6-8-9/h4-8H,1-3H3,(H3,15,16). The number of thiazole rings is 1. The number of hydrogen-bond acceptors (Lipinski definition) is 3. The van der Waals surface area contributed by atoms with E-state index in [0.717, 1.165) is 21.1 Å². The van der Waals surface area contributed by atoms with Gasteiger partial charge in [-0.3, -0.25) is 5.41 Å². The highest BCUT2D eigenvalue weighted by Crippen LogP contribution is 2.33. The number of nitrogen functional groups attached to an aromatic ring is 1. The molecule has 18 heavy (non-hydrogen) atoms. The van der Waals surface area contributed by atoms with Crippen LogP contribution < -0.4 is 5.73 Å². The van der Waals surface area contributed by atoms with Crippen LogP contribution in [0.15, 0.2) is 30.3 Å². The summed E-state index contributed by atoms with van der Waals surface area (Å²) in [6.45, 7) is 6.26. The molecule has 0 radical (unpaired) electrons. The maximum Gasteiger partial charge on any atom is 0.135 e. The van der Waals surface area contributed by atoms with E-state index >= 15 is 0 Å². The molecule has 3 N–H and O–H groups in total. The molecule has 0 aliphatic rings. The second kappa shape index (κ2) is 4.53. The van der Waals surface area contributed by atoms with Crippen LogP contribution in [0, 0.1) is 5.41 Å². The van der Waals surface area contributed by atoms with Crippen molar-refractivity contribution in [2.45, 2.75) is 26.2 Å². The van der Waals surface area contributed by atoms with Crippen LogP contribution in [0.3, 0.4) is 0 Å². The zero-order valence-electron chi connectivity index (χ0n) is 10.8. The van der Waals surface area contributed by atoms with Gasteiger partial charge in [0, 0.05) is 11.0 Å². The minimum absolute atomic E-state index is 0.0969. The molecule has 0 unspecified atom stereocenters. The first-order chi connectivity index (χ1) is 8.39. The largest absolute Gasteiger partial charge is 0.383 e. The first-order valence-corrected chi connectivity index (χ1v) is 6.62. The molecule has 4 heteroatoms. The molecule has 0 saturated heterocycles. The van der Waals surface area contributed by atoms with Crippen LogP contribution in [0.5, 0.6) is 0 Å². The van der Waals surface area contributed by atoms with Gasteiger partial charge < -0.3 is 5.73 Å². The van der Waals surface area contributed by atoms with Gasteiger partial charge in [0.15, 0.2) is 0 Å². The lowest BCUT2D eigenvalue weighted by Crippen LogP contribution is -2.19. The van der Waals surface area contributed by atoms with Crippen LogP contribution in [0.2, 0.25) is 0 Å². The second-order valence-corrected chi connectivity index (χ2v) is 6.23. The van der Waals surface area contributed by atoms with Crippen molar-refractivity contribution in [3.8, 4) is 10.6 Å². The van der Waals surface area contributed by atoms with E-state index in [0.29, 0.717) is 0 Å². The molecular formula is C14H17N3S. The summed E-state index contributed by atoms with van der Waals surface area (Å²) in [6.07, 6.45) is 0. The highest BCUT2D eigenvalue weighted by atomic mass is 32.1. The molecule has 0 fully saturated rings. The van der Waals surface area contributed by atoms with E-state index in [-0.39, 0.29) is 11.3 Å². The number of hydrogen-bond donors (Lipinski definition) is 2. The summed E-state index contributed by atoms with van der Waals surface area (Å²) in [4.78, 5) is 5.45. The van der Waals surface area contributed by atoms with Crippen LogP contribution in [0.4, 0.5) is 0 Å². The van der Waals surface area contributed by atoms with E-state index in [1.54, 1.807) is 0 Å². The Morgan fingerprint density at radius 3 is 2.28 bits per heavy atom. The molecule has 0 spiro atoms. The third-order valence-corrected chi connectivity index (χ3v) is 3.74. The molecule has 0 aliphatic carbocycles. The molecule has 94 valence electrons. The summed E-state index contributed by atoms with van der Waals surface area (Å²) in [5.41, 5.74) is 7.52. The minimum atomic E-state index is -0.107. The Bertz CT molecular complexity index is 564. The van der Waals surface area contributed by atoms with Crippen molar-refractivity contribution in [3.05, 3.63) is 40.9 Å². The summed E-state index contributed by atoms with van der Waals surface area (Å²) in [6, 6.07) is 10.00. The average Bonchev–Trinajstić information content (AvgIpc) is 2.74. The zero-order valence-corrected chi connectivity index (χ0v) is 11.6. The molecule has 0 atom stereocenters. The monoisotopic (exact) mass is 259 g/mol. The van der Waals surface area contributed by atoms with E-state index in [4.69, 9.17) is 11.1 Å². The Labute approximate surface area is 111 Å². The van der Waals surface area contributed by atoms with Crippen molar-refractivity contribution in [1.82, 2.24) is 4.98 Å². The van der Waals surface area contributed by atoms with Crippen LogP contribution in [0.1, 0.15) is 31.3 Å². The van der Waals surface area contributed by atoms with Gasteiger partial charge in [-0.2, -0.15) is 0 Å².